The number of likely N-dealkylation sites (tertiary alicyclic amines) is 1. The normalized spacial score (nSPS) is 19.5. The van der Waals surface area contributed by atoms with Gasteiger partial charge in [-0.2, -0.15) is 0 Å². The van der Waals surface area contributed by atoms with E-state index in [1.165, 1.54) is 11.6 Å². The Hall–Kier alpha value is -2.27. The molecule has 4 rings (SSSR count). The molecule has 0 saturated carbocycles. The van der Waals surface area contributed by atoms with Gasteiger partial charge in [-0.1, -0.05) is 35.9 Å². The molecular formula is C25H29ClFNO3. The Labute approximate surface area is 188 Å². The lowest BCUT2D eigenvalue weighted by molar-refractivity contribution is 0.0204. The lowest BCUT2D eigenvalue weighted by Crippen LogP contribution is -2.41. The molecule has 1 atom stereocenters. The van der Waals surface area contributed by atoms with Gasteiger partial charge in [-0.05, 0) is 74.8 Å². The summed E-state index contributed by atoms with van der Waals surface area (Å²) in [7, 11) is 0. The van der Waals surface area contributed by atoms with Gasteiger partial charge in [-0.25, -0.2) is 9.18 Å². The third-order valence-corrected chi connectivity index (χ3v) is 6.25. The van der Waals surface area contributed by atoms with Crippen molar-refractivity contribution in [2.75, 3.05) is 19.7 Å². The number of para-hydroxylation sites is 1. The van der Waals surface area contributed by atoms with Crippen LogP contribution in [0.25, 0.3) is 0 Å². The van der Waals surface area contributed by atoms with E-state index in [1.807, 2.05) is 20.8 Å². The van der Waals surface area contributed by atoms with Gasteiger partial charge >= 0.3 is 6.09 Å². The van der Waals surface area contributed by atoms with Crippen LogP contribution in [0, 0.1) is 5.82 Å². The summed E-state index contributed by atoms with van der Waals surface area (Å²) in [4.78, 5) is 14.1. The first-order valence-electron chi connectivity index (χ1n) is 10.9. The molecule has 166 valence electrons. The summed E-state index contributed by atoms with van der Waals surface area (Å²) in [6.07, 6.45) is 2.23. The van der Waals surface area contributed by atoms with Crippen molar-refractivity contribution < 1.29 is 18.7 Å². The van der Waals surface area contributed by atoms with Crippen molar-refractivity contribution in [1.82, 2.24) is 4.90 Å². The molecular weight excluding hydrogens is 417 g/mol. The molecule has 0 aromatic heterocycles. The summed E-state index contributed by atoms with van der Waals surface area (Å²) in [5, 5.41) is 0.401. The number of fused-ring (bicyclic) bond motifs is 1. The minimum Gasteiger partial charge on any atom is -0.492 e. The van der Waals surface area contributed by atoms with Gasteiger partial charge in [0.05, 0.1) is 6.61 Å². The summed E-state index contributed by atoms with van der Waals surface area (Å²) in [5.41, 5.74) is 2.46. The fourth-order valence-electron chi connectivity index (χ4n) is 4.50. The molecule has 0 aliphatic carbocycles. The molecule has 1 fully saturated rings. The summed E-state index contributed by atoms with van der Waals surface area (Å²) < 4.78 is 26.1. The predicted molar refractivity (Wildman–Crippen MR) is 120 cm³/mol. The van der Waals surface area contributed by atoms with Gasteiger partial charge in [-0.3, -0.25) is 0 Å². The van der Waals surface area contributed by atoms with E-state index in [-0.39, 0.29) is 17.8 Å². The SMILES string of the molecule is CC(C)(C)OC(=O)N1CCC(c2cccc3c2OCC(c2ccc(Cl)cc2F)C3)CC1. The minimum atomic E-state index is -0.486. The molecule has 2 aromatic rings. The van der Waals surface area contributed by atoms with Crippen LogP contribution in [0.2, 0.25) is 5.02 Å². The monoisotopic (exact) mass is 445 g/mol. The number of nitrogens with zero attached hydrogens (tertiary/aromatic N) is 1. The molecule has 2 aromatic carbocycles. The standard InChI is InChI=1S/C25H29ClFNO3/c1-25(2,3)31-24(29)28-11-9-16(10-12-28)21-6-4-5-17-13-18(15-30-23(17)21)20-8-7-19(26)14-22(20)27/h4-8,14,16,18H,9-13,15H2,1-3H3. The minimum absolute atomic E-state index is 0.0333. The van der Waals surface area contributed by atoms with Crippen molar-refractivity contribution in [3.63, 3.8) is 0 Å². The number of benzene rings is 2. The molecule has 0 N–H and O–H groups in total. The van der Waals surface area contributed by atoms with Gasteiger partial charge in [-0.15, -0.1) is 0 Å². The third-order valence-electron chi connectivity index (χ3n) is 6.01. The van der Waals surface area contributed by atoms with Crippen LogP contribution >= 0.6 is 11.6 Å². The Morgan fingerprint density at radius 1 is 1.13 bits per heavy atom. The number of amides is 1. The second-order valence-electron chi connectivity index (χ2n) is 9.46. The van der Waals surface area contributed by atoms with Crippen LogP contribution in [0.1, 0.15) is 62.1 Å². The van der Waals surface area contributed by atoms with Crippen LogP contribution in [-0.2, 0) is 11.2 Å². The van der Waals surface area contributed by atoms with Crippen molar-refractivity contribution >= 4 is 17.7 Å². The highest BCUT2D eigenvalue weighted by Crippen LogP contribution is 2.41. The largest absolute Gasteiger partial charge is 0.492 e. The zero-order chi connectivity index (χ0) is 22.2. The maximum Gasteiger partial charge on any atom is 0.410 e. The van der Waals surface area contributed by atoms with Crippen molar-refractivity contribution in [2.45, 2.75) is 57.5 Å². The fraction of sp³-hybridized carbons (Fsp3) is 0.480. The Morgan fingerprint density at radius 3 is 2.55 bits per heavy atom. The zero-order valence-electron chi connectivity index (χ0n) is 18.3. The van der Waals surface area contributed by atoms with E-state index in [0.717, 1.165) is 30.6 Å². The topological polar surface area (TPSA) is 38.8 Å². The molecule has 2 aliphatic rings. The lowest BCUT2D eigenvalue weighted by Gasteiger charge is -2.35. The van der Waals surface area contributed by atoms with Gasteiger partial charge in [0, 0.05) is 24.0 Å². The number of rotatable bonds is 2. The second-order valence-corrected chi connectivity index (χ2v) is 9.89. The van der Waals surface area contributed by atoms with E-state index in [4.69, 9.17) is 21.1 Å². The number of hydrogen-bond donors (Lipinski definition) is 0. The number of carbonyl (C=O) groups is 1. The Morgan fingerprint density at radius 2 is 1.87 bits per heavy atom. The molecule has 0 radical (unpaired) electrons. The van der Waals surface area contributed by atoms with Gasteiger partial charge in [0.1, 0.15) is 17.2 Å². The average molecular weight is 446 g/mol. The van der Waals surface area contributed by atoms with Crippen LogP contribution in [0.3, 0.4) is 0 Å². The summed E-state index contributed by atoms with van der Waals surface area (Å²) in [5.74, 6) is 0.950. The highest BCUT2D eigenvalue weighted by Gasteiger charge is 2.31. The van der Waals surface area contributed by atoms with Crippen LogP contribution in [-0.4, -0.2) is 36.3 Å². The summed E-state index contributed by atoms with van der Waals surface area (Å²) in [6.45, 7) is 7.43. The Bertz CT molecular complexity index is 964. The summed E-state index contributed by atoms with van der Waals surface area (Å²) in [6, 6.07) is 11.1. The van der Waals surface area contributed by atoms with Crippen molar-refractivity contribution in [2.24, 2.45) is 0 Å². The summed E-state index contributed by atoms with van der Waals surface area (Å²) >= 11 is 5.90. The van der Waals surface area contributed by atoms with Crippen LogP contribution in [0.4, 0.5) is 9.18 Å². The lowest BCUT2D eigenvalue weighted by atomic mass is 9.84. The van der Waals surface area contributed by atoms with Crippen molar-refractivity contribution in [3.8, 4) is 5.75 Å². The number of piperidine rings is 1. The second kappa shape index (κ2) is 8.70. The van der Waals surface area contributed by atoms with Gasteiger partial charge in [0.2, 0.25) is 0 Å². The van der Waals surface area contributed by atoms with E-state index in [0.29, 0.717) is 36.2 Å². The maximum atomic E-state index is 14.4. The van der Waals surface area contributed by atoms with Crippen LogP contribution in [0.15, 0.2) is 36.4 Å². The van der Waals surface area contributed by atoms with E-state index in [1.54, 1.807) is 17.0 Å². The molecule has 4 nitrogen and oxygen atoms in total. The molecule has 1 saturated heterocycles. The first-order chi connectivity index (χ1) is 14.7. The van der Waals surface area contributed by atoms with Crippen LogP contribution < -0.4 is 4.74 Å². The Balaban J connectivity index is 1.45. The number of ether oxygens (including phenoxy) is 2. The number of halogens is 2. The zero-order valence-corrected chi connectivity index (χ0v) is 19.0. The fourth-order valence-corrected chi connectivity index (χ4v) is 4.66. The van der Waals surface area contributed by atoms with Crippen molar-refractivity contribution in [1.29, 1.82) is 0 Å². The van der Waals surface area contributed by atoms with Gasteiger partial charge < -0.3 is 14.4 Å². The van der Waals surface area contributed by atoms with E-state index >= 15 is 0 Å². The molecule has 31 heavy (non-hydrogen) atoms. The van der Waals surface area contributed by atoms with Crippen LogP contribution in [0.5, 0.6) is 5.75 Å². The highest BCUT2D eigenvalue weighted by molar-refractivity contribution is 6.30. The van der Waals surface area contributed by atoms with E-state index in [9.17, 15) is 9.18 Å². The molecule has 6 heteroatoms. The molecule has 2 aliphatic heterocycles. The van der Waals surface area contributed by atoms with Crippen molar-refractivity contribution in [3.05, 3.63) is 63.9 Å². The van der Waals surface area contributed by atoms with Gasteiger partial charge in [0.25, 0.3) is 0 Å². The van der Waals surface area contributed by atoms with E-state index < -0.39 is 5.60 Å². The maximum absolute atomic E-state index is 14.4. The first kappa shape index (κ1) is 21.9. The molecule has 0 bridgehead atoms. The van der Waals surface area contributed by atoms with Gasteiger partial charge in [0.15, 0.2) is 0 Å². The predicted octanol–water partition coefficient (Wildman–Crippen LogP) is 6.31. The smallest absolute Gasteiger partial charge is 0.410 e. The number of hydrogen-bond acceptors (Lipinski definition) is 3. The quantitative estimate of drug-likeness (QED) is 0.543. The average Bonchev–Trinajstić information content (AvgIpc) is 2.72. The van der Waals surface area contributed by atoms with E-state index in [2.05, 4.69) is 18.2 Å². The molecule has 1 amide bonds. The Kier molecular flexibility index (Phi) is 6.16. The molecule has 0 spiro atoms. The molecule has 2 heterocycles. The number of carbonyl (C=O) groups excluding carboxylic acids is 1. The first-order valence-corrected chi connectivity index (χ1v) is 11.3. The highest BCUT2D eigenvalue weighted by atomic mass is 35.5. The third kappa shape index (κ3) is 4.98. The molecule has 1 unspecified atom stereocenters.